The second-order valence-corrected chi connectivity index (χ2v) is 5.89. The van der Waals surface area contributed by atoms with E-state index in [0.29, 0.717) is 11.4 Å². The van der Waals surface area contributed by atoms with Crippen LogP contribution in [0.25, 0.3) is 10.8 Å². The summed E-state index contributed by atoms with van der Waals surface area (Å²) >= 11 is 0. The molecule has 0 spiro atoms. The topological polar surface area (TPSA) is 64.6 Å². The molecule has 3 aromatic rings. The molecule has 1 N–H and O–H groups in total. The lowest BCUT2D eigenvalue weighted by molar-refractivity contribution is -0.155. The molecule has 0 heterocycles. The van der Waals surface area contributed by atoms with Gasteiger partial charge in [0, 0.05) is 11.1 Å². The van der Waals surface area contributed by atoms with Crippen LogP contribution in [0.5, 0.6) is 5.75 Å². The third kappa shape index (κ3) is 4.82. The zero-order chi connectivity index (χ0) is 19.2. The van der Waals surface area contributed by atoms with Gasteiger partial charge in [0.25, 0.3) is 5.91 Å². The number of benzene rings is 3. The normalized spacial score (nSPS) is 11.6. The highest BCUT2D eigenvalue weighted by Crippen LogP contribution is 2.23. The van der Waals surface area contributed by atoms with Crippen LogP contribution in [0.15, 0.2) is 66.7 Å². The summed E-state index contributed by atoms with van der Waals surface area (Å²) in [5, 5.41) is 4.66. The number of anilines is 1. The van der Waals surface area contributed by atoms with Crippen molar-refractivity contribution in [1.82, 2.24) is 0 Å². The Hall–Kier alpha value is -3.41. The smallest absolute Gasteiger partial charge is 0.344 e. The van der Waals surface area contributed by atoms with Gasteiger partial charge in [-0.2, -0.15) is 0 Å². The molecular weight excluding hydrogens is 349 g/mol. The molecule has 6 heteroatoms. The SMILES string of the molecule is C[C@H](OC(=O)COc1ccc(F)cc1)C(=O)Nc1cccc2ccccc12. The van der Waals surface area contributed by atoms with Gasteiger partial charge >= 0.3 is 5.97 Å². The lowest BCUT2D eigenvalue weighted by Gasteiger charge is -2.15. The van der Waals surface area contributed by atoms with Gasteiger partial charge in [0.15, 0.2) is 12.7 Å². The summed E-state index contributed by atoms with van der Waals surface area (Å²) in [5.74, 6) is -1.20. The lowest BCUT2D eigenvalue weighted by atomic mass is 10.1. The van der Waals surface area contributed by atoms with Crippen molar-refractivity contribution in [3.05, 3.63) is 72.5 Å². The van der Waals surface area contributed by atoms with Crippen LogP contribution in [0.1, 0.15) is 6.92 Å². The van der Waals surface area contributed by atoms with Gasteiger partial charge in [-0.25, -0.2) is 9.18 Å². The molecular formula is C21H18FNO4. The largest absolute Gasteiger partial charge is 0.482 e. The molecule has 0 saturated carbocycles. The Balaban J connectivity index is 1.55. The van der Waals surface area contributed by atoms with Crippen LogP contribution >= 0.6 is 0 Å². The van der Waals surface area contributed by atoms with Crippen LogP contribution in [-0.4, -0.2) is 24.6 Å². The number of carbonyl (C=O) groups excluding carboxylic acids is 2. The zero-order valence-electron chi connectivity index (χ0n) is 14.6. The van der Waals surface area contributed by atoms with E-state index in [2.05, 4.69) is 5.32 Å². The highest BCUT2D eigenvalue weighted by molar-refractivity contribution is 6.03. The van der Waals surface area contributed by atoms with Gasteiger partial charge < -0.3 is 14.8 Å². The average molecular weight is 367 g/mol. The van der Waals surface area contributed by atoms with E-state index in [1.807, 2.05) is 36.4 Å². The maximum absolute atomic E-state index is 12.8. The van der Waals surface area contributed by atoms with Gasteiger partial charge in [-0.15, -0.1) is 0 Å². The van der Waals surface area contributed by atoms with Gasteiger partial charge in [0.2, 0.25) is 0 Å². The van der Waals surface area contributed by atoms with Crippen LogP contribution in [-0.2, 0) is 14.3 Å². The molecule has 0 aromatic heterocycles. The first-order valence-electron chi connectivity index (χ1n) is 8.39. The second kappa shape index (κ2) is 8.31. The summed E-state index contributed by atoms with van der Waals surface area (Å²) in [6.07, 6.45) is -0.992. The van der Waals surface area contributed by atoms with Gasteiger partial charge in [0.1, 0.15) is 11.6 Å². The molecule has 0 radical (unpaired) electrons. The van der Waals surface area contributed by atoms with Gasteiger partial charge in [-0.05, 0) is 42.6 Å². The molecule has 0 bridgehead atoms. The summed E-state index contributed by atoms with van der Waals surface area (Å²) in [4.78, 5) is 24.2. The van der Waals surface area contributed by atoms with Crippen molar-refractivity contribution in [2.75, 3.05) is 11.9 Å². The fraction of sp³-hybridized carbons (Fsp3) is 0.143. The van der Waals surface area contributed by atoms with E-state index in [1.165, 1.54) is 31.2 Å². The molecule has 0 aliphatic carbocycles. The van der Waals surface area contributed by atoms with Crippen molar-refractivity contribution < 1.29 is 23.5 Å². The highest BCUT2D eigenvalue weighted by Gasteiger charge is 2.19. The van der Waals surface area contributed by atoms with Gasteiger partial charge in [-0.1, -0.05) is 36.4 Å². The Morgan fingerprint density at radius 3 is 2.48 bits per heavy atom. The number of nitrogens with one attached hydrogen (secondary N) is 1. The molecule has 0 fully saturated rings. The number of hydrogen-bond acceptors (Lipinski definition) is 4. The molecule has 0 aliphatic heterocycles. The number of ether oxygens (including phenoxy) is 2. The number of esters is 1. The van der Waals surface area contributed by atoms with Crippen LogP contribution in [0.3, 0.4) is 0 Å². The van der Waals surface area contributed by atoms with E-state index in [-0.39, 0.29) is 6.61 Å². The van der Waals surface area contributed by atoms with Crippen molar-refractivity contribution >= 4 is 28.3 Å². The van der Waals surface area contributed by atoms with E-state index in [4.69, 9.17) is 9.47 Å². The van der Waals surface area contributed by atoms with Crippen LogP contribution in [0.4, 0.5) is 10.1 Å². The minimum Gasteiger partial charge on any atom is -0.482 e. The number of fused-ring (bicyclic) bond motifs is 1. The predicted molar refractivity (Wildman–Crippen MR) is 100 cm³/mol. The summed E-state index contributed by atoms with van der Waals surface area (Å²) in [7, 11) is 0. The quantitative estimate of drug-likeness (QED) is 0.671. The van der Waals surface area contributed by atoms with Crippen molar-refractivity contribution in [2.24, 2.45) is 0 Å². The van der Waals surface area contributed by atoms with Crippen LogP contribution < -0.4 is 10.1 Å². The highest BCUT2D eigenvalue weighted by atomic mass is 19.1. The van der Waals surface area contributed by atoms with Crippen LogP contribution in [0, 0.1) is 5.82 Å². The van der Waals surface area contributed by atoms with Crippen molar-refractivity contribution in [3.63, 3.8) is 0 Å². The Labute approximate surface area is 155 Å². The third-order valence-corrected chi connectivity index (χ3v) is 3.90. The molecule has 0 saturated heterocycles. The number of amides is 1. The second-order valence-electron chi connectivity index (χ2n) is 5.89. The molecule has 1 amide bonds. The summed E-state index contributed by atoms with van der Waals surface area (Å²) in [6, 6.07) is 18.5. The Bertz CT molecular complexity index is 951. The molecule has 0 unspecified atom stereocenters. The Morgan fingerprint density at radius 1 is 1.00 bits per heavy atom. The maximum atomic E-state index is 12.8. The minimum atomic E-state index is -0.992. The van der Waals surface area contributed by atoms with E-state index < -0.39 is 23.8 Å². The first-order chi connectivity index (χ1) is 13.0. The molecule has 0 aliphatic rings. The van der Waals surface area contributed by atoms with Crippen molar-refractivity contribution in [2.45, 2.75) is 13.0 Å². The Kier molecular flexibility index (Phi) is 5.66. The summed E-state index contributed by atoms with van der Waals surface area (Å²) in [5.41, 5.74) is 0.642. The molecule has 5 nitrogen and oxygen atoms in total. The lowest BCUT2D eigenvalue weighted by Crippen LogP contribution is -2.31. The first kappa shape index (κ1) is 18.4. The standard InChI is InChI=1S/C21H18FNO4/c1-14(27-20(24)13-26-17-11-9-16(22)10-12-17)21(25)23-19-8-4-6-15-5-2-3-7-18(15)19/h2-12,14H,13H2,1H3,(H,23,25)/t14-/m0/s1. The zero-order valence-corrected chi connectivity index (χ0v) is 14.6. The monoisotopic (exact) mass is 367 g/mol. The average Bonchev–Trinajstić information content (AvgIpc) is 2.68. The molecule has 3 aromatic carbocycles. The molecule has 3 rings (SSSR count). The first-order valence-corrected chi connectivity index (χ1v) is 8.39. The molecule has 138 valence electrons. The number of hydrogen-bond donors (Lipinski definition) is 1. The number of carbonyl (C=O) groups is 2. The molecule has 1 atom stereocenters. The number of halogens is 1. The Morgan fingerprint density at radius 2 is 1.70 bits per heavy atom. The van der Waals surface area contributed by atoms with E-state index >= 15 is 0 Å². The van der Waals surface area contributed by atoms with Gasteiger partial charge in [-0.3, -0.25) is 4.79 Å². The van der Waals surface area contributed by atoms with E-state index in [0.717, 1.165) is 10.8 Å². The van der Waals surface area contributed by atoms with Crippen molar-refractivity contribution in [1.29, 1.82) is 0 Å². The van der Waals surface area contributed by atoms with E-state index in [1.54, 1.807) is 6.07 Å². The maximum Gasteiger partial charge on any atom is 0.344 e. The fourth-order valence-electron chi connectivity index (χ4n) is 2.53. The minimum absolute atomic E-state index is 0.334. The van der Waals surface area contributed by atoms with Crippen molar-refractivity contribution in [3.8, 4) is 5.75 Å². The predicted octanol–water partition coefficient (Wildman–Crippen LogP) is 3.93. The number of rotatable bonds is 6. The van der Waals surface area contributed by atoms with E-state index in [9.17, 15) is 14.0 Å². The summed E-state index contributed by atoms with van der Waals surface area (Å²) < 4.78 is 23.1. The summed E-state index contributed by atoms with van der Waals surface area (Å²) in [6.45, 7) is 1.10. The van der Waals surface area contributed by atoms with Gasteiger partial charge in [0.05, 0.1) is 0 Å². The van der Waals surface area contributed by atoms with Crippen LogP contribution in [0.2, 0.25) is 0 Å². The third-order valence-electron chi connectivity index (χ3n) is 3.90. The molecule has 27 heavy (non-hydrogen) atoms. The fourth-order valence-corrected chi connectivity index (χ4v) is 2.53.